The number of pyridine rings is 1. The van der Waals surface area contributed by atoms with E-state index in [0.29, 0.717) is 0 Å². The van der Waals surface area contributed by atoms with Crippen LogP contribution in [0.3, 0.4) is 0 Å². The number of nitrogens with zero attached hydrogens (tertiary/aromatic N) is 1. The fourth-order valence-electron chi connectivity index (χ4n) is 3.35. The van der Waals surface area contributed by atoms with E-state index in [2.05, 4.69) is 33.8 Å². The van der Waals surface area contributed by atoms with Crippen LogP contribution in [0.4, 0.5) is 0 Å². The van der Waals surface area contributed by atoms with E-state index in [1.807, 2.05) is 24.4 Å². The zero-order valence-corrected chi connectivity index (χ0v) is 13.2. The summed E-state index contributed by atoms with van der Waals surface area (Å²) in [4.78, 5) is 4.60. The lowest BCUT2D eigenvalue weighted by Gasteiger charge is -2.21. The topological polar surface area (TPSA) is 55.4 Å². The first-order chi connectivity index (χ1) is 11.3. The van der Waals surface area contributed by atoms with Gasteiger partial charge in [-0.2, -0.15) is 0 Å². The average molecular weight is 309 g/mol. The van der Waals surface area contributed by atoms with Crippen molar-refractivity contribution in [3.8, 4) is 0 Å². The van der Waals surface area contributed by atoms with E-state index in [9.17, 15) is 0 Å². The predicted molar refractivity (Wildman–Crippen MR) is 88.3 cm³/mol. The minimum atomic E-state index is -0.0455. The predicted octanol–water partition coefficient (Wildman–Crippen LogP) is 2.59. The number of hydrogen-bond acceptors (Lipinski definition) is 5. The van der Waals surface area contributed by atoms with Crippen molar-refractivity contribution in [2.45, 2.75) is 18.6 Å². The van der Waals surface area contributed by atoms with Gasteiger partial charge < -0.3 is 14.8 Å². The van der Waals surface area contributed by atoms with Gasteiger partial charge in [-0.1, -0.05) is 24.3 Å². The first-order valence-electron chi connectivity index (χ1n) is 7.70. The molecule has 2 aliphatic rings. The Morgan fingerprint density at radius 3 is 2.83 bits per heavy atom. The summed E-state index contributed by atoms with van der Waals surface area (Å²) in [6.07, 6.45) is 4.73. The number of fused-ring (bicyclic) bond motifs is 2. The van der Waals surface area contributed by atoms with E-state index in [0.717, 1.165) is 34.7 Å². The monoisotopic (exact) mass is 309 g/mol. The maximum absolute atomic E-state index is 5.54. The minimum absolute atomic E-state index is 0.0455. The molecule has 4 rings (SSSR count). The van der Waals surface area contributed by atoms with Gasteiger partial charge in [0, 0.05) is 11.6 Å². The molecule has 23 heavy (non-hydrogen) atoms. The fraction of sp³-hybridized carbons (Fsp3) is 0.278. The standard InChI is InChI=1S/C18H19N3O2/c1-22-14-8-7-13-16(17(14)23-2)21-18(20-13)15-12-6-4-3-5-11(12)9-10-19-15/h3-6,8-10,13,18,20-21H,7H2,1-2H3. The van der Waals surface area contributed by atoms with Crippen molar-refractivity contribution in [3.63, 3.8) is 0 Å². The highest BCUT2D eigenvalue weighted by atomic mass is 16.5. The van der Waals surface area contributed by atoms with Crippen LogP contribution in [-0.4, -0.2) is 25.2 Å². The van der Waals surface area contributed by atoms with Gasteiger partial charge in [-0.25, -0.2) is 0 Å². The quantitative estimate of drug-likeness (QED) is 0.913. The largest absolute Gasteiger partial charge is 0.493 e. The van der Waals surface area contributed by atoms with Crippen LogP contribution in [0.1, 0.15) is 18.3 Å². The van der Waals surface area contributed by atoms with E-state index in [-0.39, 0.29) is 12.2 Å². The van der Waals surface area contributed by atoms with Gasteiger partial charge in [0.15, 0.2) is 11.5 Å². The number of rotatable bonds is 3. The Hall–Kier alpha value is -2.53. The van der Waals surface area contributed by atoms with E-state index in [4.69, 9.17) is 9.47 Å². The molecule has 1 fully saturated rings. The Morgan fingerprint density at radius 2 is 2.00 bits per heavy atom. The van der Waals surface area contributed by atoms with Crippen LogP contribution in [0, 0.1) is 0 Å². The van der Waals surface area contributed by atoms with Gasteiger partial charge in [0.1, 0.15) is 6.17 Å². The first-order valence-corrected chi connectivity index (χ1v) is 7.70. The summed E-state index contributed by atoms with van der Waals surface area (Å²) in [7, 11) is 3.33. The van der Waals surface area contributed by atoms with E-state index in [1.54, 1.807) is 14.2 Å². The molecular formula is C18H19N3O2. The third-order valence-electron chi connectivity index (χ3n) is 4.43. The van der Waals surface area contributed by atoms with E-state index >= 15 is 0 Å². The molecule has 0 amide bonds. The molecule has 2 atom stereocenters. The summed E-state index contributed by atoms with van der Waals surface area (Å²) >= 11 is 0. The van der Waals surface area contributed by atoms with Gasteiger partial charge >= 0.3 is 0 Å². The van der Waals surface area contributed by atoms with Crippen molar-refractivity contribution >= 4 is 10.8 Å². The molecule has 1 aliphatic carbocycles. The van der Waals surface area contributed by atoms with Crippen molar-refractivity contribution in [2.75, 3.05) is 14.2 Å². The Balaban J connectivity index is 1.74. The Kier molecular flexibility index (Phi) is 3.42. The summed E-state index contributed by atoms with van der Waals surface area (Å²) in [6.45, 7) is 0. The molecule has 118 valence electrons. The Morgan fingerprint density at radius 1 is 1.13 bits per heavy atom. The van der Waals surface area contributed by atoms with Gasteiger partial charge in [0.25, 0.3) is 0 Å². The van der Waals surface area contributed by atoms with Crippen LogP contribution < -0.4 is 10.6 Å². The second kappa shape index (κ2) is 5.59. The summed E-state index contributed by atoms with van der Waals surface area (Å²) in [5.74, 6) is 1.54. The molecule has 2 N–H and O–H groups in total. The number of ether oxygens (including phenoxy) is 2. The normalized spacial score (nSPS) is 23.3. The molecule has 0 saturated carbocycles. The fourth-order valence-corrected chi connectivity index (χ4v) is 3.35. The SMILES string of the molecule is COC1=CCC2NC(c3nccc4ccccc34)NC2=C1OC. The number of hydrogen-bond donors (Lipinski definition) is 2. The Bertz CT molecular complexity index is 808. The molecule has 0 spiro atoms. The zero-order chi connectivity index (χ0) is 15.8. The zero-order valence-electron chi connectivity index (χ0n) is 13.2. The Labute approximate surface area is 135 Å². The van der Waals surface area contributed by atoms with Crippen LogP contribution in [-0.2, 0) is 9.47 Å². The number of methoxy groups -OCH3 is 2. The molecule has 1 aromatic carbocycles. The number of nitrogens with one attached hydrogen (secondary N) is 2. The third kappa shape index (κ3) is 2.24. The highest BCUT2D eigenvalue weighted by molar-refractivity contribution is 5.84. The van der Waals surface area contributed by atoms with Crippen molar-refractivity contribution in [1.82, 2.24) is 15.6 Å². The van der Waals surface area contributed by atoms with Gasteiger partial charge in [0.2, 0.25) is 0 Å². The van der Waals surface area contributed by atoms with Crippen molar-refractivity contribution < 1.29 is 9.47 Å². The lowest BCUT2D eigenvalue weighted by molar-refractivity contribution is 0.209. The molecule has 2 aromatic rings. The maximum atomic E-state index is 5.54. The maximum Gasteiger partial charge on any atom is 0.181 e. The lowest BCUT2D eigenvalue weighted by atomic mass is 10.0. The van der Waals surface area contributed by atoms with Crippen LogP contribution in [0.25, 0.3) is 10.8 Å². The molecular weight excluding hydrogens is 290 g/mol. The molecule has 0 bridgehead atoms. The van der Waals surface area contributed by atoms with Crippen LogP contribution in [0.15, 0.2) is 59.8 Å². The minimum Gasteiger partial charge on any atom is -0.493 e. The number of benzene rings is 1. The second-order valence-corrected chi connectivity index (χ2v) is 5.67. The van der Waals surface area contributed by atoms with Crippen molar-refractivity contribution in [2.24, 2.45) is 0 Å². The first kappa shape index (κ1) is 14.1. The highest BCUT2D eigenvalue weighted by Crippen LogP contribution is 2.33. The van der Waals surface area contributed by atoms with Crippen LogP contribution in [0.2, 0.25) is 0 Å². The van der Waals surface area contributed by atoms with E-state index in [1.165, 1.54) is 5.39 Å². The highest BCUT2D eigenvalue weighted by Gasteiger charge is 2.36. The molecule has 2 heterocycles. The molecule has 1 aromatic heterocycles. The number of aromatic nitrogens is 1. The molecule has 5 nitrogen and oxygen atoms in total. The molecule has 2 unspecified atom stereocenters. The summed E-state index contributed by atoms with van der Waals surface area (Å²) in [5.41, 5.74) is 2.03. The molecule has 1 saturated heterocycles. The van der Waals surface area contributed by atoms with E-state index < -0.39 is 0 Å². The molecule has 1 aliphatic heterocycles. The summed E-state index contributed by atoms with van der Waals surface area (Å²) < 4.78 is 11.0. The second-order valence-electron chi connectivity index (χ2n) is 5.67. The lowest BCUT2D eigenvalue weighted by Crippen LogP contribution is -2.27. The van der Waals surface area contributed by atoms with Crippen LogP contribution >= 0.6 is 0 Å². The van der Waals surface area contributed by atoms with Crippen molar-refractivity contribution in [1.29, 1.82) is 0 Å². The van der Waals surface area contributed by atoms with Crippen molar-refractivity contribution in [3.05, 3.63) is 65.5 Å². The smallest absolute Gasteiger partial charge is 0.181 e. The van der Waals surface area contributed by atoms with Gasteiger partial charge in [-0.3, -0.25) is 10.3 Å². The van der Waals surface area contributed by atoms with Crippen LogP contribution in [0.5, 0.6) is 0 Å². The summed E-state index contributed by atoms with van der Waals surface area (Å²) in [5, 5.41) is 9.46. The third-order valence-corrected chi connectivity index (χ3v) is 4.43. The van der Waals surface area contributed by atoms with Gasteiger partial charge in [0.05, 0.1) is 31.7 Å². The van der Waals surface area contributed by atoms with Gasteiger partial charge in [-0.15, -0.1) is 0 Å². The van der Waals surface area contributed by atoms with Gasteiger partial charge in [-0.05, 0) is 23.9 Å². The summed E-state index contributed by atoms with van der Waals surface area (Å²) in [6, 6.07) is 10.5. The molecule has 0 radical (unpaired) electrons. The molecule has 5 heteroatoms. The average Bonchev–Trinajstić information content (AvgIpc) is 3.04.